The number of carbonyl (C=O) groups is 1. The maximum absolute atomic E-state index is 11.7. The zero-order valence-electron chi connectivity index (χ0n) is 9.72. The van der Waals surface area contributed by atoms with Gasteiger partial charge in [0.15, 0.2) is 0 Å². The van der Waals surface area contributed by atoms with Gasteiger partial charge in [-0.25, -0.2) is 4.68 Å². The number of carbonyl (C=O) groups excluding carboxylic acids is 1. The van der Waals surface area contributed by atoms with Crippen molar-refractivity contribution in [3.05, 3.63) is 22.6 Å². The molecule has 1 saturated carbocycles. The number of hydrogen-bond donors (Lipinski definition) is 2. The molecule has 18 heavy (non-hydrogen) atoms. The highest BCUT2D eigenvalue weighted by Crippen LogP contribution is 2.23. The highest BCUT2D eigenvalue weighted by molar-refractivity contribution is 5.75. The summed E-state index contributed by atoms with van der Waals surface area (Å²) in [6, 6.07) is 3.65. The minimum atomic E-state index is -0.408. The summed E-state index contributed by atoms with van der Waals surface area (Å²) in [4.78, 5) is 23.0. The molecule has 1 amide bonds. The number of nitriles is 1. The Morgan fingerprint density at radius 3 is 3.00 bits per heavy atom. The second-order valence-corrected chi connectivity index (χ2v) is 4.09. The predicted molar refractivity (Wildman–Crippen MR) is 63.8 cm³/mol. The van der Waals surface area contributed by atoms with Crippen LogP contribution in [-0.2, 0) is 11.3 Å². The molecule has 2 rings (SSSR count). The fourth-order valence-corrected chi connectivity index (χ4v) is 1.42. The van der Waals surface area contributed by atoms with Gasteiger partial charge in [-0.2, -0.15) is 10.4 Å². The summed E-state index contributed by atoms with van der Waals surface area (Å²) in [5.74, 6) is -0.408. The summed E-state index contributed by atoms with van der Waals surface area (Å²) >= 11 is 0. The fraction of sp³-hybridized carbons (Fsp3) is 0.455. The third-order valence-electron chi connectivity index (χ3n) is 2.48. The molecule has 0 aromatic carbocycles. The van der Waals surface area contributed by atoms with Gasteiger partial charge in [-0.1, -0.05) is 0 Å². The quantitative estimate of drug-likeness (QED) is 0.680. The number of nitrogens with zero attached hydrogens (tertiary/aromatic N) is 3. The van der Waals surface area contributed by atoms with Crippen molar-refractivity contribution in [3.63, 3.8) is 0 Å². The Morgan fingerprint density at radius 2 is 2.39 bits per heavy atom. The highest BCUT2D eigenvalue weighted by atomic mass is 16.2. The molecule has 94 valence electrons. The molecule has 1 aliphatic carbocycles. The van der Waals surface area contributed by atoms with E-state index in [0.29, 0.717) is 11.7 Å². The zero-order valence-corrected chi connectivity index (χ0v) is 9.72. The lowest BCUT2D eigenvalue weighted by Gasteiger charge is -2.06. The monoisotopic (exact) mass is 247 g/mol. The number of anilines is 1. The molecule has 0 unspecified atom stereocenters. The number of hydrogen-bond acceptors (Lipinski definition) is 5. The SMILES string of the molecule is N#CCNC(=O)Cn1ncc(NC2CC2)cc1=O. The molecule has 1 aliphatic rings. The van der Waals surface area contributed by atoms with Crippen molar-refractivity contribution >= 4 is 11.6 Å². The van der Waals surface area contributed by atoms with Gasteiger partial charge < -0.3 is 10.6 Å². The summed E-state index contributed by atoms with van der Waals surface area (Å²) in [5.41, 5.74) is 0.337. The van der Waals surface area contributed by atoms with Crippen LogP contribution in [0.15, 0.2) is 17.1 Å². The second kappa shape index (κ2) is 5.31. The van der Waals surface area contributed by atoms with Gasteiger partial charge in [-0.05, 0) is 12.8 Å². The molecule has 7 nitrogen and oxygen atoms in total. The number of nitrogens with one attached hydrogen (secondary N) is 2. The summed E-state index contributed by atoms with van der Waals surface area (Å²) in [6.07, 6.45) is 3.75. The summed E-state index contributed by atoms with van der Waals surface area (Å²) in [7, 11) is 0. The van der Waals surface area contributed by atoms with Gasteiger partial charge >= 0.3 is 0 Å². The van der Waals surface area contributed by atoms with Gasteiger partial charge in [0.25, 0.3) is 5.56 Å². The molecule has 1 heterocycles. The summed E-state index contributed by atoms with van der Waals surface area (Å²) < 4.78 is 1.06. The Morgan fingerprint density at radius 1 is 1.61 bits per heavy atom. The van der Waals surface area contributed by atoms with E-state index in [2.05, 4.69) is 15.7 Å². The van der Waals surface area contributed by atoms with Crippen LogP contribution >= 0.6 is 0 Å². The van der Waals surface area contributed by atoms with E-state index in [4.69, 9.17) is 5.26 Å². The third kappa shape index (κ3) is 3.31. The minimum absolute atomic E-state index is 0.0745. The summed E-state index contributed by atoms with van der Waals surface area (Å²) in [6.45, 7) is -0.251. The molecule has 1 aromatic rings. The van der Waals surface area contributed by atoms with Gasteiger partial charge in [0, 0.05) is 12.1 Å². The Hall–Kier alpha value is -2.36. The Kier molecular flexibility index (Phi) is 3.57. The van der Waals surface area contributed by atoms with Crippen molar-refractivity contribution in [1.29, 1.82) is 5.26 Å². The molecular formula is C11H13N5O2. The molecule has 0 saturated heterocycles. The summed E-state index contributed by atoms with van der Waals surface area (Å²) in [5, 5.41) is 17.7. The average molecular weight is 247 g/mol. The van der Waals surface area contributed by atoms with Gasteiger partial charge in [-0.15, -0.1) is 0 Å². The number of aromatic nitrogens is 2. The van der Waals surface area contributed by atoms with E-state index in [1.54, 1.807) is 6.07 Å². The first-order valence-corrected chi connectivity index (χ1v) is 5.66. The third-order valence-corrected chi connectivity index (χ3v) is 2.48. The molecule has 1 fully saturated rings. The lowest BCUT2D eigenvalue weighted by Crippen LogP contribution is -2.33. The van der Waals surface area contributed by atoms with Crippen molar-refractivity contribution < 1.29 is 4.79 Å². The topological polar surface area (TPSA) is 99.8 Å². The van der Waals surface area contributed by atoms with Crippen LogP contribution in [0.25, 0.3) is 0 Å². The zero-order chi connectivity index (χ0) is 13.0. The van der Waals surface area contributed by atoms with Crippen LogP contribution in [0.4, 0.5) is 5.69 Å². The van der Waals surface area contributed by atoms with Crippen molar-refractivity contribution in [2.24, 2.45) is 0 Å². The standard InChI is InChI=1S/C11H13N5O2/c12-3-4-13-10(17)7-16-11(18)5-9(6-14-16)15-8-1-2-8/h5-6,8,15H,1-2,4,7H2,(H,13,17). The minimum Gasteiger partial charge on any atom is -0.381 e. The van der Waals surface area contributed by atoms with Crippen LogP contribution in [-0.4, -0.2) is 28.3 Å². The van der Waals surface area contributed by atoms with Crippen LogP contribution in [0, 0.1) is 11.3 Å². The maximum Gasteiger partial charge on any atom is 0.269 e. The van der Waals surface area contributed by atoms with Crippen LogP contribution in [0.3, 0.4) is 0 Å². The highest BCUT2D eigenvalue weighted by Gasteiger charge is 2.21. The molecule has 2 N–H and O–H groups in total. The van der Waals surface area contributed by atoms with Crippen molar-refractivity contribution in [3.8, 4) is 6.07 Å². The number of rotatable bonds is 5. The van der Waals surface area contributed by atoms with Crippen LogP contribution in [0.5, 0.6) is 0 Å². The Balaban J connectivity index is 1.98. The number of amides is 1. The van der Waals surface area contributed by atoms with E-state index >= 15 is 0 Å². The predicted octanol–water partition coefficient (Wildman–Crippen LogP) is -0.543. The van der Waals surface area contributed by atoms with Crippen molar-refractivity contribution in [2.75, 3.05) is 11.9 Å². The van der Waals surface area contributed by atoms with E-state index < -0.39 is 5.91 Å². The van der Waals surface area contributed by atoms with Gasteiger partial charge in [0.1, 0.15) is 13.1 Å². The first-order valence-electron chi connectivity index (χ1n) is 5.66. The van der Waals surface area contributed by atoms with Crippen LogP contribution in [0.1, 0.15) is 12.8 Å². The van der Waals surface area contributed by atoms with E-state index in [0.717, 1.165) is 17.5 Å². The maximum atomic E-state index is 11.7. The molecule has 0 spiro atoms. The van der Waals surface area contributed by atoms with E-state index in [1.807, 2.05) is 0 Å². The van der Waals surface area contributed by atoms with E-state index in [1.165, 1.54) is 12.3 Å². The molecule has 1 aromatic heterocycles. The van der Waals surface area contributed by atoms with Gasteiger partial charge in [0.2, 0.25) is 5.91 Å². The van der Waals surface area contributed by atoms with Crippen molar-refractivity contribution in [2.45, 2.75) is 25.4 Å². The molecule has 0 atom stereocenters. The van der Waals surface area contributed by atoms with E-state index in [9.17, 15) is 9.59 Å². The average Bonchev–Trinajstić information content (AvgIpc) is 3.14. The lowest BCUT2D eigenvalue weighted by atomic mass is 10.4. The largest absolute Gasteiger partial charge is 0.381 e. The lowest BCUT2D eigenvalue weighted by molar-refractivity contribution is -0.121. The molecule has 0 bridgehead atoms. The van der Waals surface area contributed by atoms with E-state index in [-0.39, 0.29) is 18.6 Å². The Bertz CT molecular complexity index is 541. The first kappa shape index (κ1) is 12.1. The molecule has 0 radical (unpaired) electrons. The van der Waals surface area contributed by atoms with Crippen molar-refractivity contribution in [1.82, 2.24) is 15.1 Å². The van der Waals surface area contributed by atoms with Gasteiger partial charge in [0.05, 0.1) is 18.0 Å². The molecule has 7 heteroatoms. The normalized spacial score (nSPS) is 13.7. The van der Waals surface area contributed by atoms with Crippen LogP contribution < -0.4 is 16.2 Å². The Labute approximate surface area is 103 Å². The second-order valence-electron chi connectivity index (χ2n) is 4.09. The first-order chi connectivity index (χ1) is 8.69. The van der Waals surface area contributed by atoms with Gasteiger partial charge in [-0.3, -0.25) is 9.59 Å². The molecule has 0 aliphatic heterocycles. The fourth-order valence-electron chi connectivity index (χ4n) is 1.42. The van der Waals surface area contributed by atoms with Crippen LogP contribution in [0.2, 0.25) is 0 Å². The molecular weight excluding hydrogens is 234 g/mol. The smallest absolute Gasteiger partial charge is 0.269 e.